The third-order valence-electron chi connectivity index (χ3n) is 3.89. The Morgan fingerprint density at radius 2 is 1.95 bits per heavy atom. The summed E-state index contributed by atoms with van der Waals surface area (Å²) in [5.41, 5.74) is 0.946. The minimum absolute atomic E-state index is 0.0152. The van der Waals surface area contributed by atoms with E-state index in [1.54, 1.807) is 12.3 Å². The minimum atomic E-state index is -0.0152. The van der Waals surface area contributed by atoms with Gasteiger partial charge in [0.2, 0.25) is 0 Å². The second-order valence-corrected chi connectivity index (χ2v) is 5.45. The van der Waals surface area contributed by atoms with Gasteiger partial charge in [0.15, 0.2) is 0 Å². The Balaban J connectivity index is 1.60. The first kappa shape index (κ1) is 13.9. The molecule has 0 aromatic carbocycles. The van der Waals surface area contributed by atoms with E-state index in [0.717, 1.165) is 31.7 Å². The largest absolute Gasteiger partial charge is 0.370 e. The summed E-state index contributed by atoms with van der Waals surface area (Å²) < 4.78 is 3.41. The monoisotopic (exact) mass is 287 g/mol. The Labute approximate surface area is 124 Å². The lowest BCUT2D eigenvalue weighted by Gasteiger charge is -2.28. The van der Waals surface area contributed by atoms with Gasteiger partial charge in [0.1, 0.15) is 0 Å². The smallest absolute Gasteiger partial charge is 0.268 e. The third-order valence-corrected chi connectivity index (χ3v) is 3.89. The van der Waals surface area contributed by atoms with Crippen LogP contribution in [0.2, 0.25) is 0 Å². The predicted molar refractivity (Wildman–Crippen MR) is 81.4 cm³/mol. The van der Waals surface area contributed by atoms with Gasteiger partial charge in [0, 0.05) is 44.6 Å². The summed E-state index contributed by atoms with van der Waals surface area (Å²) >= 11 is 0. The van der Waals surface area contributed by atoms with Crippen LogP contribution in [-0.2, 0) is 13.1 Å². The van der Waals surface area contributed by atoms with Crippen molar-refractivity contribution in [1.29, 1.82) is 0 Å². The highest BCUT2D eigenvalue weighted by atomic mass is 16.1. The van der Waals surface area contributed by atoms with Gasteiger partial charge in [0.05, 0.1) is 11.9 Å². The van der Waals surface area contributed by atoms with E-state index in [9.17, 15) is 4.79 Å². The summed E-state index contributed by atoms with van der Waals surface area (Å²) in [4.78, 5) is 14.4. The molecule has 3 heterocycles. The summed E-state index contributed by atoms with van der Waals surface area (Å²) in [6, 6.07) is 3.62. The molecule has 0 amide bonds. The Bertz CT molecular complexity index is 613. The molecule has 1 aliphatic heterocycles. The quantitative estimate of drug-likeness (QED) is 0.836. The Hall–Kier alpha value is -2.11. The number of hydrogen-bond acceptors (Lipinski definition) is 4. The fourth-order valence-corrected chi connectivity index (χ4v) is 2.73. The van der Waals surface area contributed by atoms with Crippen molar-refractivity contribution in [3.05, 3.63) is 41.1 Å². The second kappa shape index (κ2) is 6.56. The first-order valence-corrected chi connectivity index (χ1v) is 7.62. The molecule has 0 bridgehead atoms. The normalized spacial score (nSPS) is 15.3. The highest BCUT2D eigenvalue weighted by Gasteiger charge is 2.12. The number of anilines is 1. The molecule has 2 aromatic rings. The van der Waals surface area contributed by atoms with Crippen LogP contribution in [0.4, 0.5) is 5.69 Å². The molecule has 0 spiro atoms. The van der Waals surface area contributed by atoms with Gasteiger partial charge in [-0.3, -0.25) is 9.48 Å². The van der Waals surface area contributed by atoms with Gasteiger partial charge in [0.25, 0.3) is 5.56 Å². The molecule has 0 radical (unpaired) electrons. The SMILES string of the molecule is O=c1cc(N2CCCCC2)cnn1CCCn1cccn1. The lowest BCUT2D eigenvalue weighted by atomic mass is 10.1. The molecule has 6 nitrogen and oxygen atoms in total. The zero-order chi connectivity index (χ0) is 14.5. The Morgan fingerprint density at radius 1 is 1.10 bits per heavy atom. The topological polar surface area (TPSA) is 56.0 Å². The van der Waals surface area contributed by atoms with E-state index < -0.39 is 0 Å². The maximum absolute atomic E-state index is 12.1. The number of hydrogen-bond donors (Lipinski definition) is 0. The number of aryl methyl sites for hydroxylation is 2. The highest BCUT2D eigenvalue weighted by Crippen LogP contribution is 2.16. The van der Waals surface area contributed by atoms with E-state index in [1.165, 1.54) is 23.9 Å². The van der Waals surface area contributed by atoms with E-state index in [4.69, 9.17) is 0 Å². The van der Waals surface area contributed by atoms with E-state index >= 15 is 0 Å². The molecular weight excluding hydrogens is 266 g/mol. The third kappa shape index (κ3) is 3.51. The van der Waals surface area contributed by atoms with Crippen LogP contribution in [0, 0.1) is 0 Å². The van der Waals surface area contributed by atoms with Crippen LogP contribution in [0.15, 0.2) is 35.5 Å². The zero-order valence-electron chi connectivity index (χ0n) is 12.2. The van der Waals surface area contributed by atoms with Crippen molar-refractivity contribution in [2.45, 2.75) is 38.8 Å². The maximum Gasteiger partial charge on any atom is 0.268 e. The first-order chi connectivity index (χ1) is 10.3. The van der Waals surface area contributed by atoms with Crippen LogP contribution >= 0.6 is 0 Å². The van der Waals surface area contributed by atoms with Crippen molar-refractivity contribution >= 4 is 5.69 Å². The summed E-state index contributed by atoms with van der Waals surface area (Å²) in [5.74, 6) is 0. The standard InChI is InChI=1S/C15H21N5O/c21-15-12-14(18-7-2-1-3-8-18)13-17-20(15)11-5-10-19-9-4-6-16-19/h4,6,9,12-13H,1-3,5,7-8,10-11H2. The van der Waals surface area contributed by atoms with Gasteiger partial charge in [-0.1, -0.05) is 0 Å². The molecule has 0 unspecified atom stereocenters. The average molecular weight is 287 g/mol. The van der Waals surface area contributed by atoms with Crippen LogP contribution in [0.5, 0.6) is 0 Å². The van der Waals surface area contributed by atoms with E-state index in [0.29, 0.717) is 6.54 Å². The van der Waals surface area contributed by atoms with Gasteiger partial charge in [-0.25, -0.2) is 4.68 Å². The molecule has 0 aliphatic carbocycles. The fourth-order valence-electron chi connectivity index (χ4n) is 2.73. The van der Waals surface area contributed by atoms with Crippen molar-refractivity contribution in [1.82, 2.24) is 19.6 Å². The van der Waals surface area contributed by atoms with E-state index in [2.05, 4.69) is 15.1 Å². The van der Waals surface area contributed by atoms with Crippen LogP contribution < -0.4 is 10.5 Å². The van der Waals surface area contributed by atoms with Gasteiger partial charge in [-0.2, -0.15) is 10.2 Å². The molecule has 0 atom stereocenters. The maximum atomic E-state index is 12.1. The zero-order valence-corrected chi connectivity index (χ0v) is 12.2. The van der Waals surface area contributed by atoms with Gasteiger partial charge < -0.3 is 4.90 Å². The van der Waals surface area contributed by atoms with Crippen molar-refractivity contribution in [3.8, 4) is 0 Å². The number of piperidine rings is 1. The average Bonchev–Trinajstić information content (AvgIpc) is 3.03. The second-order valence-electron chi connectivity index (χ2n) is 5.45. The van der Waals surface area contributed by atoms with E-state index in [-0.39, 0.29) is 5.56 Å². The Morgan fingerprint density at radius 3 is 2.67 bits per heavy atom. The van der Waals surface area contributed by atoms with Gasteiger partial charge in [-0.05, 0) is 31.7 Å². The number of nitrogens with zero attached hydrogens (tertiary/aromatic N) is 5. The first-order valence-electron chi connectivity index (χ1n) is 7.62. The Kier molecular flexibility index (Phi) is 4.33. The predicted octanol–water partition coefficient (Wildman–Crippen LogP) is 1.52. The van der Waals surface area contributed by atoms with Crippen LogP contribution in [0.25, 0.3) is 0 Å². The lowest BCUT2D eigenvalue weighted by molar-refractivity contribution is 0.484. The van der Waals surface area contributed by atoms with Crippen molar-refractivity contribution < 1.29 is 0 Å². The molecule has 1 saturated heterocycles. The van der Waals surface area contributed by atoms with Crippen molar-refractivity contribution in [2.24, 2.45) is 0 Å². The molecule has 3 rings (SSSR count). The van der Waals surface area contributed by atoms with Gasteiger partial charge >= 0.3 is 0 Å². The molecular formula is C15H21N5O. The molecule has 6 heteroatoms. The molecule has 21 heavy (non-hydrogen) atoms. The van der Waals surface area contributed by atoms with Crippen LogP contribution in [-0.4, -0.2) is 32.7 Å². The lowest BCUT2D eigenvalue weighted by Crippen LogP contribution is -2.32. The summed E-state index contributed by atoms with van der Waals surface area (Å²) in [6.07, 6.45) is 10.0. The van der Waals surface area contributed by atoms with Crippen molar-refractivity contribution in [3.63, 3.8) is 0 Å². The van der Waals surface area contributed by atoms with Crippen LogP contribution in [0.3, 0.4) is 0 Å². The fraction of sp³-hybridized carbons (Fsp3) is 0.533. The highest BCUT2D eigenvalue weighted by molar-refractivity contribution is 5.43. The molecule has 1 aliphatic rings. The van der Waals surface area contributed by atoms with E-state index in [1.807, 2.05) is 23.1 Å². The summed E-state index contributed by atoms with van der Waals surface area (Å²) in [5, 5.41) is 8.45. The molecule has 112 valence electrons. The molecule has 0 N–H and O–H groups in total. The minimum Gasteiger partial charge on any atom is -0.370 e. The summed E-state index contributed by atoms with van der Waals surface area (Å²) in [6.45, 7) is 3.49. The number of aromatic nitrogens is 4. The summed E-state index contributed by atoms with van der Waals surface area (Å²) in [7, 11) is 0. The van der Waals surface area contributed by atoms with Crippen molar-refractivity contribution in [2.75, 3.05) is 18.0 Å². The molecule has 0 saturated carbocycles. The van der Waals surface area contributed by atoms with Crippen LogP contribution in [0.1, 0.15) is 25.7 Å². The molecule has 1 fully saturated rings. The van der Waals surface area contributed by atoms with Gasteiger partial charge in [-0.15, -0.1) is 0 Å². The molecule has 2 aromatic heterocycles. The number of rotatable bonds is 5.